The Morgan fingerprint density at radius 1 is 1.50 bits per heavy atom. The third-order valence-electron chi connectivity index (χ3n) is 2.06. The Hall–Kier alpha value is -1.43. The first kappa shape index (κ1) is 11.1. The fourth-order valence-electron chi connectivity index (χ4n) is 1.17. The summed E-state index contributed by atoms with van der Waals surface area (Å²) in [5.41, 5.74) is 0. The van der Waals surface area contributed by atoms with Crippen LogP contribution in [0.15, 0.2) is 29.0 Å². The molecule has 0 N–H and O–H groups in total. The van der Waals surface area contributed by atoms with Crippen LogP contribution in [0.2, 0.25) is 0 Å². The molecule has 16 heavy (non-hydrogen) atoms. The van der Waals surface area contributed by atoms with Crippen LogP contribution in [-0.2, 0) is 13.7 Å². The van der Waals surface area contributed by atoms with Crippen LogP contribution in [0, 0.1) is 5.82 Å². The molecule has 0 amide bonds. The molecule has 1 heterocycles. The molecule has 0 aliphatic carbocycles. The number of aromatic nitrogens is 3. The van der Waals surface area contributed by atoms with Crippen LogP contribution in [0.4, 0.5) is 4.39 Å². The van der Waals surface area contributed by atoms with Crippen molar-refractivity contribution in [2.24, 2.45) is 7.05 Å². The normalized spacial score (nSPS) is 10.4. The molecule has 2 rings (SSSR count). The van der Waals surface area contributed by atoms with Crippen molar-refractivity contribution in [3.8, 4) is 5.75 Å². The van der Waals surface area contributed by atoms with Crippen LogP contribution in [-0.4, -0.2) is 14.8 Å². The van der Waals surface area contributed by atoms with Gasteiger partial charge in [-0.1, -0.05) is 0 Å². The molecule has 2 aromatic rings. The second-order valence-electron chi connectivity index (χ2n) is 3.16. The van der Waals surface area contributed by atoms with Crippen molar-refractivity contribution in [3.63, 3.8) is 0 Å². The van der Waals surface area contributed by atoms with Crippen LogP contribution >= 0.6 is 15.9 Å². The summed E-state index contributed by atoms with van der Waals surface area (Å²) in [7, 11) is 1.78. The van der Waals surface area contributed by atoms with E-state index in [9.17, 15) is 4.39 Å². The molecule has 4 nitrogen and oxygen atoms in total. The monoisotopic (exact) mass is 285 g/mol. The predicted octanol–water partition coefficient (Wildman–Crippen LogP) is 2.30. The summed E-state index contributed by atoms with van der Waals surface area (Å²) in [5, 5.41) is 3.92. The number of benzene rings is 1. The van der Waals surface area contributed by atoms with E-state index in [0.717, 1.165) is 0 Å². The second kappa shape index (κ2) is 4.61. The number of halogens is 2. The van der Waals surface area contributed by atoms with E-state index in [-0.39, 0.29) is 5.82 Å². The molecule has 0 atom stereocenters. The Balaban J connectivity index is 2.05. The zero-order chi connectivity index (χ0) is 11.5. The van der Waals surface area contributed by atoms with Crippen LogP contribution in [0.5, 0.6) is 5.75 Å². The molecule has 1 aromatic carbocycles. The van der Waals surface area contributed by atoms with Crippen molar-refractivity contribution in [1.29, 1.82) is 0 Å². The number of hydrogen-bond donors (Lipinski definition) is 0. The van der Waals surface area contributed by atoms with Gasteiger partial charge in [-0.2, -0.15) is 5.10 Å². The van der Waals surface area contributed by atoms with Gasteiger partial charge in [-0.05, 0) is 34.1 Å². The zero-order valence-corrected chi connectivity index (χ0v) is 10.1. The highest BCUT2D eigenvalue weighted by Gasteiger charge is 2.04. The third-order valence-corrected chi connectivity index (χ3v) is 2.67. The number of aryl methyl sites for hydroxylation is 1. The number of nitrogens with zero attached hydrogens (tertiary/aromatic N) is 3. The quantitative estimate of drug-likeness (QED) is 0.869. The molecule has 1 aromatic heterocycles. The van der Waals surface area contributed by atoms with E-state index in [1.165, 1.54) is 12.4 Å². The molecule has 0 aliphatic rings. The lowest BCUT2D eigenvalue weighted by Crippen LogP contribution is -2.04. The summed E-state index contributed by atoms with van der Waals surface area (Å²) in [6.45, 7) is 0.300. The van der Waals surface area contributed by atoms with Crippen molar-refractivity contribution in [3.05, 3.63) is 40.6 Å². The minimum Gasteiger partial charge on any atom is -0.486 e. The molecule has 0 unspecified atom stereocenters. The smallest absolute Gasteiger partial charge is 0.164 e. The van der Waals surface area contributed by atoms with Crippen molar-refractivity contribution in [1.82, 2.24) is 14.8 Å². The van der Waals surface area contributed by atoms with Crippen LogP contribution in [0.1, 0.15) is 5.82 Å². The van der Waals surface area contributed by atoms with Gasteiger partial charge in [-0.25, -0.2) is 9.37 Å². The first-order valence-electron chi connectivity index (χ1n) is 4.57. The minimum atomic E-state index is -0.314. The zero-order valence-electron chi connectivity index (χ0n) is 8.52. The van der Waals surface area contributed by atoms with Gasteiger partial charge in [0.05, 0.1) is 4.47 Å². The molecule has 0 spiro atoms. The Bertz CT molecular complexity index is 501. The maximum absolute atomic E-state index is 12.9. The van der Waals surface area contributed by atoms with Gasteiger partial charge in [0.1, 0.15) is 24.5 Å². The van der Waals surface area contributed by atoms with Crippen LogP contribution in [0.25, 0.3) is 0 Å². The summed E-state index contributed by atoms with van der Waals surface area (Å²) < 4.78 is 20.4. The summed E-state index contributed by atoms with van der Waals surface area (Å²) in [4.78, 5) is 4.01. The SMILES string of the molecule is Cn1ncnc1COc1ccc(F)c(Br)c1. The molecule has 0 aliphatic heterocycles. The van der Waals surface area contributed by atoms with Crippen LogP contribution in [0.3, 0.4) is 0 Å². The molecule has 0 bridgehead atoms. The maximum Gasteiger partial charge on any atom is 0.164 e. The Morgan fingerprint density at radius 2 is 2.31 bits per heavy atom. The molecule has 84 valence electrons. The summed E-state index contributed by atoms with van der Waals surface area (Å²) in [6, 6.07) is 4.48. The molecule has 0 radical (unpaired) electrons. The average molecular weight is 286 g/mol. The van der Waals surface area contributed by atoms with Gasteiger partial charge in [0.15, 0.2) is 5.82 Å². The third kappa shape index (κ3) is 2.38. The first-order chi connectivity index (χ1) is 7.66. The van der Waals surface area contributed by atoms with Crippen molar-refractivity contribution in [2.45, 2.75) is 6.61 Å². The number of rotatable bonds is 3. The van der Waals surface area contributed by atoms with Crippen LogP contribution < -0.4 is 4.74 Å². The van der Waals surface area contributed by atoms with Gasteiger partial charge < -0.3 is 4.74 Å². The van der Waals surface area contributed by atoms with E-state index in [1.807, 2.05) is 0 Å². The lowest BCUT2D eigenvalue weighted by Gasteiger charge is -2.05. The van der Waals surface area contributed by atoms with E-state index in [4.69, 9.17) is 4.74 Å². The lowest BCUT2D eigenvalue weighted by atomic mass is 10.3. The standard InChI is InChI=1S/C10H9BrFN3O/c1-15-10(13-6-14-15)5-16-7-2-3-9(12)8(11)4-7/h2-4,6H,5H2,1H3. The first-order valence-corrected chi connectivity index (χ1v) is 5.37. The lowest BCUT2D eigenvalue weighted by molar-refractivity contribution is 0.289. The van der Waals surface area contributed by atoms with Gasteiger partial charge in [-0.3, -0.25) is 4.68 Å². The Labute approximate surface area is 100 Å². The highest BCUT2D eigenvalue weighted by Crippen LogP contribution is 2.22. The fraction of sp³-hybridized carbons (Fsp3) is 0.200. The second-order valence-corrected chi connectivity index (χ2v) is 4.02. The minimum absolute atomic E-state index is 0.300. The van der Waals surface area contributed by atoms with Crippen molar-refractivity contribution >= 4 is 15.9 Å². The Morgan fingerprint density at radius 3 is 2.94 bits per heavy atom. The van der Waals surface area contributed by atoms with E-state index in [1.54, 1.807) is 23.9 Å². The molecule has 0 saturated carbocycles. The molecular formula is C10H9BrFN3O. The van der Waals surface area contributed by atoms with Crippen molar-refractivity contribution < 1.29 is 9.13 Å². The van der Waals surface area contributed by atoms with E-state index in [0.29, 0.717) is 22.7 Å². The van der Waals surface area contributed by atoms with E-state index >= 15 is 0 Å². The Kier molecular flexibility index (Phi) is 3.19. The number of ether oxygens (including phenoxy) is 1. The van der Waals surface area contributed by atoms with E-state index < -0.39 is 0 Å². The summed E-state index contributed by atoms with van der Waals surface area (Å²) in [5.74, 6) is 0.975. The van der Waals surface area contributed by atoms with E-state index in [2.05, 4.69) is 26.0 Å². The topological polar surface area (TPSA) is 39.9 Å². The molecule has 0 saturated heterocycles. The average Bonchev–Trinajstić information content (AvgIpc) is 2.66. The van der Waals surface area contributed by atoms with Gasteiger partial charge in [0.2, 0.25) is 0 Å². The molecule has 0 fully saturated rings. The summed E-state index contributed by atoms with van der Waals surface area (Å²) >= 11 is 3.09. The van der Waals surface area contributed by atoms with Gasteiger partial charge in [0, 0.05) is 7.05 Å². The summed E-state index contributed by atoms with van der Waals surface area (Å²) in [6.07, 6.45) is 1.46. The largest absolute Gasteiger partial charge is 0.486 e. The fourth-order valence-corrected chi connectivity index (χ4v) is 1.52. The highest BCUT2D eigenvalue weighted by molar-refractivity contribution is 9.10. The maximum atomic E-state index is 12.9. The van der Waals surface area contributed by atoms with Gasteiger partial charge in [0.25, 0.3) is 0 Å². The molecule has 6 heteroatoms. The van der Waals surface area contributed by atoms with Crippen molar-refractivity contribution in [2.75, 3.05) is 0 Å². The van der Waals surface area contributed by atoms with Gasteiger partial charge >= 0.3 is 0 Å². The van der Waals surface area contributed by atoms with Gasteiger partial charge in [-0.15, -0.1) is 0 Å². The molecular weight excluding hydrogens is 277 g/mol. The highest BCUT2D eigenvalue weighted by atomic mass is 79.9. The number of hydrogen-bond acceptors (Lipinski definition) is 3. The predicted molar refractivity (Wildman–Crippen MR) is 59.4 cm³/mol.